The Labute approximate surface area is 150 Å². The molecule has 0 aliphatic heterocycles. The first-order chi connectivity index (χ1) is 12.3. The Hall–Kier alpha value is -2.91. The quantitative estimate of drug-likeness (QED) is 0.513. The van der Waals surface area contributed by atoms with Crippen molar-refractivity contribution in [1.29, 1.82) is 0 Å². The van der Waals surface area contributed by atoms with Gasteiger partial charge in [0.15, 0.2) is 0 Å². The van der Waals surface area contributed by atoms with E-state index in [-0.39, 0.29) is 0 Å². The molecule has 3 aromatic rings. The normalized spacial score (nSPS) is 10.0. The summed E-state index contributed by atoms with van der Waals surface area (Å²) in [5.74, 6) is 8.89. The fraction of sp³-hybridized carbons (Fsp3) is 0.158. The number of hydrogen-bond donors (Lipinski definition) is 0. The largest absolute Gasteiger partial charge is 0.497 e. The molecule has 0 amide bonds. The second-order valence-corrected chi connectivity index (χ2v) is 5.86. The summed E-state index contributed by atoms with van der Waals surface area (Å²) < 4.78 is 15.5. The van der Waals surface area contributed by atoms with E-state index in [0.717, 1.165) is 22.6 Å². The van der Waals surface area contributed by atoms with Gasteiger partial charge in [-0.25, -0.2) is 0 Å². The van der Waals surface area contributed by atoms with E-state index in [4.69, 9.17) is 14.0 Å². The molecule has 0 atom stereocenters. The zero-order valence-electron chi connectivity index (χ0n) is 13.9. The molecule has 5 nitrogen and oxygen atoms in total. The molecule has 0 aliphatic rings. The van der Waals surface area contributed by atoms with E-state index in [1.54, 1.807) is 14.2 Å². The van der Waals surface area contributed by atoms with Gasteiger partial charge in [-0.15, -0.1) is 0 Å². The Kier molecular flexibility index (Phi) is 5.60. The molecule has 2 aromatic carbocycles. The zero-order valence-corrected chi connectivity index (χ0v) is 14.7. The molecule has 3 rings (SSSR count). The highest BCUT2D eigenvalue weighted by Gasteiger charge is 2.08. The Morgan fingerprint density at radius 2 is 1.60 bits per heavy atom. The predicted molar refractivity (Wildman–Crippen MR) is 96.9 cm³/mol. The van der Waals surface area contributed by atoms with Crippen LogP contribution in [-0.2, 0) is 0 Å². The van der Waals surface area contributed by atoms with E-state index < -0.39 is 0 Å². The highest BCUT2D eigenvalue weighted by molar-refractivity contribution is 7.99. The highest BCUT2D eigenvalue weighted by Crippen LogP contribution is 2.23. The molecule has 0 saturated heterocycles. The molecule has 0 N–H and O–H groups in total. The van der Waals surface area contributed by atoms with Gasteiger partial charge in [-0.2, -0.15) is 4.98 Å². The SMILES string of the molecule is COc1ccc(C#CCSc2nc(-c3ccc(OC)cc3)no2)cc1. The Balaban J connectivity index is 1.57. The van der Waals surface area contributed by atoms with Crippen molar-refractivity contribution >= 4 is 11.8 Å². The molecule has 1 heterocycles. The van der Waals surface area contributed by atoms with Gasteiger partial charge in [0.05, 0.1) is 20.0 Å². The molecule has 6 heteroatoms. The van der Waals surface area contributed by atoms with Crippen molar-refractivity contribution in [2.45, 2.75) is 5.22 Å². The maximum Gasteiger partial charge on any atom is 0.286 e. The van der Waals surface area contributed by atoms with Crippen LogP contribution >= 0.6 is 11.8 Å². The van der Waals surface area contributed by atoms with Crippen molar-refractivity contribution in [3.8, 4) is 34.7 Å². The lowest BCUT2D eigenvalue weighted by Gasteiger charge is -1.98. The van der Waals surface area contributed by atoms with Gasteiger partial charge in [0, 0.05) is 11.1 Å². The molecule has 0 spiro atoms. The van der Waals surface area contributed by atoms with Crippen LogP contribution in [0.25, 0.3) is 11.4 Å². The van der Waals surface area contributed by atoms with Crippen LogP contribution in [0.2, 0.25) is 0 Å². The van der Waals surface area contributed by atoms with Crippen molar-refractivity contribution in [3.05, 3.63) is 54.1 Å². The van der Waals surface area contributed by atoms with Crippen molar-refractivity contribution in [2.24, 2.45) is 0 Å². The van der Waals surface area contributed by atoms with Gasteiger partial charge >= 0.3 is 0 Å². The molecule has 1 aromatic heterocycles. The van der Waals surface area contributed by atoms with E-state index in [0.29, 0.717) is 16.8 Å². The van der Waals surface area contributed by atoms with Crippen LogP contribution in [0.5, 0.6) is 11.5 Å². The van der Waals surface area contributed by atoms with Gasteiger partial charge in [0.1, 0.15) is 11.5 Å². The van der Waals surface area contributed by atoms with E-state index >= 15 is 0 Å². The van der Waals surface area contributed by atoms with Crippen LogP contribution < -0.4 is 9.47 Å². The first-order valence-corrected chi connectivity index (χ1v) is 8.51. The summed E-state index contributed by atoms with van der Waals surface area (Å²) >= 11 is 1.41. The van der Waals surface area contributed by atoms with E-state index in [1.807, 2.05) is 48.5 Å². The second-order valence-electron chi connectivity index (χ2n) is 4.93. The summed E-state index contributed by atoms with van der Waals surface area (Å²) in [4.78, 5) is 4.36. The maximum atomic E-state index is 5.24. The minimum atomic E-state index is 0.495. The van der Waals surface area contributed by atoms with Crippen LogP contribution in [0.1, 0.15) is 5.56 Å². The number of hydrogen-bond acceptors (Lipinski definition) is 6. The van der Waals surface area contributed by atoms with Crippen molar-refractivity contribution < 1.29 is 14.0 Å². The smallest absolute Gasteiger partial charge is 0.286 e. The molecule has 0 fully saturated rings. The molecule has 126 valence electrons. The first kappa shape index (κ1) is 16.9. The summed E-state index contributed by atoms with van der Waals surface area (Å²) in [5, 5.41) is 4.48. The molecule has 0 radical (unpaired) electrons. The average molecular weight is 352 g/mol. The summed E-state index contributed by atoms with van der Waals surface area (Å²) in [6.45, 7) is 0. The maximum absolute atomic E-state index is 5.24. The number of nitrogens with zero attached hydrogens (tertiary/aromatic N) is 2. The summed E-state index contributed by atoms with van der Waals surface area (Å²) in [6, 6.07) is 15.1. The predicted octanol–water partition coefficient (Wildman–Crippen LogP) is 3.90. The standard InChI is InChI=1S/C19H16N2O3S/c1-22-16-9-5-14(6-10-16)4-3-13-25-19-20-18(21-24-19)15-7-11-17(23-2)12-8-15/h5-12H,13H2,1-2H3. The van der Waals surface area contributed by atoms with Gasteiger partial charge in [-0.1, -0.05) is 28.8 Å². The van der Waals surface area contributed by atoms with Gasteiger partial charge in [0.25, 0.3) is 5.22 Å². The van der Waals surface area contributed by atoms with Crippen LogP contribution in [-0.4, -0.2) is 30.1 Å². The Bertz CT molecular complexity index is 878. The lowest BCUT2D eigenvalue weighted by atomic mass is 10.2. The average Bonchev–Trinajstić information content (AvgIpc) is 3.15. The molecule has 0 aliphatic carbocycles. The monoisotopic (exact) mass is 352 g/mol. The number of rotatable bonds is 5. The van der Waals surface area contributed by atoms with Crippen LogP contribution in [0.3, 0.4) is 0 Å². The van der Waals surface area contributed by atoms with E-state index in [2.05, 4.69) is 22.0 Å². The minimum absolute atomic E-state index is 0.495. The number of methoxy groups -OCH3 is 2. The molecule has 0 saturated carbocycles. The Morgan fingerprint density at radius 3 is 2.24 bits per heavy atom. The third kappa shape index (κ3) is 4.55. The highest BCUT2D eigenvalue weighted by atomic mass is 32.2. The van der Waals surface area contributed by atoms with Gasteiger partial charge in [0.2, 0.25) is 5.82 Å². The molecule has 25 heavy (non-hydrogen) atoms. The fourth-order valence-electron chi connectivity index (χ4n) is 2.04. The summed E-state index contributed by atoms with van der Waals surface area (Å²) in [5.41, 5.74) is 1.81. The number of benzene rings is 2. The lowest BCUT2D eigenvalue weighted by molar-refractivity contribution is 0.341. The van der Waals surface area contributed by atoms with E-state index in [9.17, 15) is 0 Å². The Morgan fingerprint density at radius 1 is 0.960 bits per heavy atom. The zero-order chi connectivity index (χ0) is 17.5. The van der Waals surface area contributed by atoms with Gasteiger partial charge in [-0.3, -0.25) is 0 Å². The van der Waals surface area contributed by atoms with Crippen LogP contribution in [0, 0.1) is 11.8 Å². The minimum Gasteiger partial charge on any atom is -0.497 e. The van der Waals surface area contributed by atoms with Crippen molar-refractivity contribution in [2.75, 3.05) is 20.0 Å². The van der Waals surface area contributed by atoms with Crippen molar-refractivity contribution in [3.63, 3.8) is 0 Å². The summed E-state index contributed by atoms with van der Waals surface area (Å²) in [6.07, 6.45) is 0. The molecular weight excluding hydrogens is 336 g/mol. The van der Waals surface area contributed by atoms with Crippen LogP contribution in [0.15, 0.2) is 58.3 Å². The fourth-order valence-corrected chi connectivity index (χ4v) is 2.54. The number of aromatic nitrogens is 2. The summed E-state index contributed by atoms with van der Waals surface area (Å²) in [7, 11) is 3.27. The second kappa shape index (κ2) is 8.27. The van der Waals surface area contributed by atoms with Gasteiger partial charge < -0.3 is 14.0 Å². The van der Waals surface area contributed by atoms with Crippen molar-refractivity contribution in [1.82, 2.24) is 10.1 Å². The number of ether oxygens (including phenoxy) is 2. The topological polar surface area (TPSA) is 57.4 Å². The van der Waals surface area contributed by atoms with Crippen LogP contribution in [0.4, 0.5) is 0 Å². The molecule has 0 unspecified atom stereocenters. The molecular formula is C19H16N2O3S. The first-order valence-electron chi connectivity index (χ1n) is 7.52. The lowest BCUT2D eigenvalue weighted by Crippen LogP contribution is -1.84. The number of thioether (sulfide) groups is 1. The molecule has 0 bridgehead atoms. The third-order valence-electron chi connectivity index (χ3n) is 3.35. The van der Waals surface area contributed by atoms with Gasteiger partial charge in [-0.05, 0) is 48.5 Å². The third-order valence-corrected chi connectivity index (χ3v) is 4.05. The van der Waals surface area contributed by atoms with E-state index in [1.165, 1.54) is 11.8 Å².